The molecule has 0 N–H and O–H groups in total. The highest BCUT2D eigenvalue weighted by Gasteiger charge is 2.13. The topological polar surface area (TPSA) is 25.8 Å². The van der Waals surface area contributed by atoms with E-state index < -0.39 is 0 Å². The Morgan fingerprint density at radius 1 is 0.870 bits per heavy atom. The summed E-state index contributed by atoms with van der Waals surface area (Å²) < 4.78 is 0. The molecule has 0 saturated heterocycles. The minimum absolute atomic E-state index is 0.223. The number of halogens is 1. The summed E-state index contributed by atoms with van der Waals surface area (Å²) in [6.07, 6.45) is 1.77. The van der Waals surface area contributed by atoms with Gasteiger partial charge in [0.25, 0.3) is 0 Å². The minimum Gasteiger partial charge on any atom is -0.226 e. The zero-order valence-corrected chi connectivity index (χ0v) is 12.9. The molecule has 0 aliphatic carbocycles. The first-order valence-corrected chi connectivity index (χ1v) is 7.60. The summed E-state index contributed by atoms with van der Waals surface area (Å²) in [6.45, 7) is 0. The molecule has 0 aliphatic heterocycles. The zero-order valence-electron chi connectivity index (χ0n) is 12.1. The van der Waals surface area contributed by atoms with Gasteiger partial charge in [0, 0.05) is 11.8 Å². The molecule has 3 heteroatoms. The molecule has 0 amide bonds. The first-order chi connectivity index (χ1) is 11.3. The maximum Gasteiger partial charge on any atom is 0.222 e. The van der Waals surface area contributed by atoms with Crippen LogP contribution in [0.5, 0.6) is 0 Å². The Bertz CT molecular complexity index is 976. The van der Waals surface area contributed by atoms with Gasteiger partial charge < -0.3 is 0 Å². The van der Waals surface area contributed by atoms with Gasteiger partial charge in [0.1, 0.15) is 0 Å². The average molecular weight is 315 g/mol. The summed E-state index contributed by atoms with van der Waals surface area (Å²) in [6, 6.07) is 26.2. The van der Waals surface area contributed by atoms with Crippen LogP contribution in [0.4, 0.5) is 0 Å². The third-order valence-corrected chi connectivity index (χ3v) is 3.93. The van der Waals surface area contributed by atoms with Gasteiger partial charge in [-0.25, -0.2) is 9.97 Å². The Labute approximate surface area is 139 Å². The van der Waals surface area contributed by atoms with Crippen molar-refractivity contribution in [2.24, 2.45) is 0 Å². The SMILES string of the molecule is Clc1ncc(-c2cccc3ccccc23)c(-c2c#cccc2)n1. The molecule has 0 fully saturated rings. The van der Waals surface area contributed by atoms with Crippen LogP contribution < -0.4 is 0 Å². The van der Waals surface area contributed by atoms with E-state index in [0.29, 0.717) is 0 Å². The predicted molar refractivity (Wildman–Crippen MR) is 93.1 cm³/mol. The summed E-state index contributed by atoms with van der Waals surface area (Å²) in [5, 5.41) is 2.55. The molecular formula is C20H11ClN2. The molecule has 0 radical (unpaired) electrons. The lowest BCUT2D eigenvalue weighted by Crippen LogP contribution is -1.93. The Morgan fingerprint density at radius 2 is 1.74 bits per heavy atom. The molecule has 0 spiro atoms. The smallest absolute Gasteiger partial charge is 0.222 e. The molecule has 1 heterocycles. The molecule has 0 saturated carbocycles. The Morgan fingerprint density at radius 3 is 2.61 bits per heavy atom. The van der Waals surface area contributed by atoms with Crippen molar-refractivity contribution < 1.29 is 0 Å². The summed E-state index contributed by atoms with van der Waals surface area (Å²) in [4.78, 5) is 8.61. The molecule has 3 aromatic carbocycles. The second kappa shape index (κ2) is 5.72. The van der Waals surface area contributed by atoms with E-state index in [-0.39, 0.29) is 5.28 Å². The third-order valence-electron chi connectivity index (χ3n) is 3.74. The highest BCUT2D eigenvalue weighted by molar-refractivity contribution is 6.28. The molecule has 0 bridgehead atoms. The molecule has 4 aromatic rings. The van der Waals surface area contributed by atoms with Crippen LogP contribution in [0.15, 0.2) is 66.9 Å². The predicted octanol–water partition coefficient (Wildman–Crippen LogP) is 5.22. The largest absolute Gasteiger partial charge is 0.226 e. The van der Waals surface area contributed by atoms with Gasteiger partial charge in [-0.3, -0.25) is 0 Å². The number of hydrogen-bond donors (Lipinski definition) is 0. The summed E-state index contributed by atoms with van der Waals surface area (Å²) in [5.74, 6) is 0. The van der Waals surface area contributed by atoms with E-state index in [2.05, 4.69) is 46.4 Å². The van der Waals surface area contributed by atoms with E-state index in [0.717, 1.165) is 27.8 Å². The summed E-state index contributed by atoms with van der Waals surface area (Å²) >= 11 is 6.03. The van der Waals surface area contributed by atoms with Crippen LogP contribution in [0.1, 0.15) is 0 Å². The Kier molecular flexibility index (Phi) is 3.42. The van der Waals surface area contributed by atoms with Crippen molar-refractivity contribution >= 4 is 22.4 Å². The lowest BCUT2D eigenvalue weighted by molar-refractivity contribution is 1.18. The number of hydrogen-bond acceptors (Lipinski definition) is 2. The van der Waals surface area contributed by atoms with Crippen molar-refractivity contribution in [3.63, 3.8) is 0 Å². The van der Waals surface area contributed by atoms with Crippen LogP contribution in [0, 0.1) is 12.1 Å². The Hall–Kier alpha value is -2.89. The molecule has 108 valence electrons. The summed E-state index contributed by atoms with van der Waals surface area (Å²) in [5.41, 5.74) is 3.62. The molecule has 0 aliphatic rings. The van der Waals surface area contributed by atoms with E-state index >= 15 is 0 Å². The van der Waals surface area contributed by atoms with Gasteiger partial charge in [0.15, 0.2) is 0 Å². The van der Waals surface area contributed by atoms with Gasteiger partial charge in [-0.15, -0.1) is 0 Å². The maximum absolute atomic E-state index is 6.03. The lowest BCUT2D eigenvalue weighted by atomic mass is 9.96. The van der Waals surface area contributed by atoms with Gasteiger partial charge in [-0.05, 0) is 40.1 Å². The van der Waals surface area contributed by atoms with E-state index in [1.807, 2.05) is 36.4 Å². The fourth-order valence-electron chi connectivity index (χ4n) is 2.71. The number of fused-ring (bicyclic) bond motifs is 1. The van der Waals surface area contributed by atoms with Crippen LogP contribution in [0.3, 0.4) is 0 Å². The molecule has 4 rings (SSSR count). The highest BCUT2D eigenvalue weighted by atomic mass is 35.5. The average Bonchev–Trinajstić information content (AvgIpc) is 2.62. The number of nitrogens with zero attached hydrogens (tertiary/aromatic N) is 2. The van der Waals surface area contributed by atoms with Crippen molar-refractivity contribution in [1.82, 2.24) is 9.97 Å². The molecule has 0 unspecified atom stereocenters. The fraction of sp³-hybridized carbons (Fsp3) is 0. The summed E-state index contributed by atoms with van der Waals surface area (Å²) in [7, 11) is 0. The van der Waals surface area contributed by atoms with Crippen molar-refractivity contribution in [2.75, 3.05) is 0 Å². The van der Waals surface area contributed by atoms with E-state index in [1.165, 1.54) is 5.39 Å². The highest BCUT2D eigenvalue weighted by Crippen LogP contribution is 2.34. The standard InChI is InChI=1S/C20H11ClN2/c21-20-22-13-18(19(23-20)15-8-2-1-3-9-15)17-12-6-10-14-7-4-5-11-16(14)17/h1-2,4-8,10-13H. The second-order valence-electron chi connectivity index (χ2n) is 5.14. The molecule has 23 heavy (non-hydrogen) atoms. The van der Waals surface area contributed by atoms with Crippen LogP contribution in [0.25, 0.3) is 33.2 Å². The minimum atomic E-state index is 0.223. The number of rotatable bonds is 2. The van der Waals surface area contributed by atoms with Crippen LogP contribution >= 0.6 is 11.6 Å². The first kappa shape index (κ1) is 13.8. The van der Waals surface area contributed by atoms with E-state index in [1.54, 1.807) is 6.20 Å². The normalized spacial score (nSPS) is 10.5. The van der Waals surface area contributed by atoms with Crippen molar-refractivity contribution in [1.29, 1.82) is 0 Å². The van der Waals surface area contributed by atoms with Gasteiger partial charge in [-0.2, -0.15) is 0 Å². The third kappa shape index (κ3) is 2.52. The first-order valence-electron chi connectivity index (χ1n) is 7.22. The van der Waals surface area contributed by atoms with Crippen molar-refractivity contribution in [3.05, 3.63) is 84.3 Å². The van der Waals surface area contributed by atoms with Crippen LogP contribution in [0.2, 0.25) is 5.28 Å². The number of benzene rings is 2. The van der Waals surface area contributed by atoms with Gasteiger partial charge in [0.2, 0.25) is 5.28 Å². The Balaban J connectivity index is 2.02. The van der Waals surface area contributed by atoms with Crippen LogP contribution in [-0.4, -0.2) is 9.97 Å². The maximum atomic E-state index is 6.03. The van der Waals surface area contributed by atoms with Crippen molar-refractivity contribution in [2.45, 2.75) is 0 Å². The number of aromatic nitrogens is 2. The van der Waals surface area contributed by atoms with E-state index in [9.17, 15) is 0 Å². The molecule has 1 aromatic heterocycles. The molecular weight excluding hydrogens is 304 g/mol. The van der Waals surface area contributed by atoms with Gasteiger partial charge in [0.05, 0.1) is 11.3 Å². The van der Waals surface area contributed by atoms with Crippen molar-refractivity contribution in [3.8, 4) is 22.4 Å². The fourth-order valence-corrected chi connectivity index (χ4v) is 2.85. The zero-order chi connectivity index (χ0) is 15.6. The second-order valence-corrected chi connectivity index (χ2v) is 5.47. The molecule has 2 nitrogen and oxygen atoms in total. The lowest BCUT2D eigenvalue weighted by Gasteiger charge is -2.10. The van der Waals surface area contributed by atoms with Gasteiger partial charge in [-0.1, -0.05) is 60.7 Å². The van der Waals surface area contributed by atoms with E-state index in [4.69, 9.17) is 11.6 Å². The monoisotopic (exact) mass is 314 g/mol. The quantitative estimate of drug-likeness (QED) is 0.474. The van der Waals surface area contributed by atoms with Gasteiger partial charge >= 0.3 is 0 Å². The molecule has 0 atom stereocenters. The van der Waals surface area contributed by atoms with Crippen LogP contribution in [-0.2, 0) is 0 Å².